The van der Waals surface area contributed by atoms with Gasteiger partial charge < -0.3 is 20.0 Å². The Hall–Kier alpha value is -1.56. The molecule has 0 radical (unpaired) electrons. The van der Waals surface area contributed by atoms with Crippen LogP contribution in [0.2, 0.25) is 0 Å². The van der Waals surface area contributed by atoms with Crippen molar-refractivity contribution in [2.45, 2.75) is 45.7 Å². The Labute approximate surface area is 125 Å². The number of aromatic nitrogens is 1. The molecule has 0 unspecified atom stereocenters. The Kier molecular flexibility index (Phi) is 4.14. The Morgan fingerprint density at radius 1 is 1.52 bits per heavy atom. The van der Waals surface area contributed by atoms with E-state index in [1.807, 2.05) is 11.8 Å². The van der Waals surface area contributed by atoms with Crippen LogP contribution in [0.25, 0.3) is 0 Å². The lowest BCUT2D eigenvalue weighted by Gasteiger charge is -2.23. The van der Waals surface area contributed by atoms with E-state index in [9.17, 15) is 4.79 Å². The number of fused-ring (bicyclic) bond motifs is 1. The van der Waals surface area contributed by atoms with Crippen molar-refractivity contribution in [1.29, 1.82) is 0 Å². The number of hydrogen-bond acceptors (Lipinski definition) is 4. The molecule has 0 saturated carbocycles. The van der Waals surface area contributed by atoms with E-state index in [0.29, 0.717) is 18.5 Å². The van der Waals surface area contributed by atoms with Crippen LogP contribution in [0.5, 0.6) is 0 Å². The van der Waals surface area contributed by atoms with Crippen LogP contribution in [0.4, 0.5) is 4.79 Å². The van der Waals surface area contributed by atoms with Gasteiger partial charge >= 0.3 is 6.03 Å². The molecule has 2 aliphatic rings. The molecule has 3 heterocycles. The first-order valence-corrected chi connectivity index (χ1v) is 7.89. The molecule has 0 bridgehead atoms. The van der Waals surface area contributed by atoms with Crippen molar-refractivity contribution in [1.82, 2.24) is 20.5 Å². The van der Waals surface area contributed by atoms with Gasteiger partial charge in [-0.25, -0.2) is 9.78 Å². The second kappa shape index (κ2) is 6.05. The molecule has 2 fully saturated rings. The van der Waals surface area contributed by atoms with E-state index in [0.717, 1.165) is 56.2 Å². The summed E-state index contributed by atoms with van der Waals surface area (Å²) in [4.78, 5) is 18.7. The summed E-state index contributed by atoms with van der Waals surface area (Å²) in [5.74, 6) is 2.16. The molecule has 2 atom stereocenters. The van der Waals surface area contributed by atoms with E-state index < -0.39 is 0 Å². The van der Waals surface area contributed by atoms with Gasteiger partial charge in [-0.3, -0.25) is 0 Å². The standard InChI is InChI=1S/C15H24N4O2/c1-3-4-14-18-10(2)13(21-14)9-17-15(20)19-6-5-11-7-16-8-12(11)19/h11-12,16H,3-9H2,1-2H3,(H,17,20)/t11-,12+/m1/s1. The minimum Gasteiger partial charge on any atom is -0.444 e. The molecule has 1 aromatic heterocycles. The monoisotopic (exact) mass is 292 g/mol. The van der Waals surface area contributed by atoms with Gasteiger partial charge in [-0.2, -0.15) is 0 Å². The molecule has 2 saturated heterocycles. The summed E-state index contributed by atoms with van der Waals surface area (Å²) >= 11 is 0. The van der Waals surface area contributed by atoms with Gasteiger partial charge in [0.1, 0.15) is 5.76 Å². The molecular weight excluding hydrogens is 268 g/mol. The zero-order chi connectivity index (χ0) is 14.8. The van der Waals surface area contributed by atoms with Crippen molar-refractivity contribution in [2.75, 3.05) is 19.6 Å². The van der Waals surface area contributed by atoms with Crippen LogP contribution in [0, 0.1) is 12.8 Å². The second-order valence-electron chi connectivity index (χ2n) is 5.99. The Balaban J connectivity index is 1.56. The topological polar surface area (TPSA) is 70.4 Å². The smallest absolute Gasteiger partial charge is 0.318 e. The average Bonchev–Trinajstić information content (AvgIpc) is 3.12. The predicted octanol–water partition coefficient (Wildman–Crippen LogP) is 1.44. The summed E-state index contributed by atoms with van der Waals surface area (Å²) in [5.41, 5.74) is 0.876. The summed E-state index contributed by atoms with van der Waals surface area (Å²) in [6, 6.07) is 0.371. The molecule has 3 rings (SSSR count). The molecule has 6 nitrogen and oxygen atoms in total. The molecule has 2 N–H and O–H groups in total. The third kappa shape index (κ3) is 2.90. The van der Waals surface area contributed by atoms with Crippen molar-refractivity contribution in [3.8, 4) is 0 Å². The molecule has 0 aromatic carbocycles. The third-order valence-electron chi connectivity index (χ3n) is 4.51. The highest BCUT2D eigenvalue weighted by molar-refractivity contribution is 5.75. The number of nitrogens with one attached hydrogen (secondary N) is 2. The van der Waals surface area contributed by atoms with Crippen LogP contribution < -0.4 is 10.6 Å². The summed E-state index contributed by atoms with van der Waals surface area (Å²) in [5, 5.41) is 6.33. The van der Waals surface area contributed by atoms with Gasteiger partial charge in [0, 0.05) is 32.1 Å². The Morgan fingerprint density at radius 2 is 2.38 bits per heavy atom. The maximum absolute atomic E-state index is 12.3. The molecule has 116 valence electrons. The number of oxazole rings is 1. The maximum Gasteiger partial charge on any atom is 0.318 e. The lowest BCUT2D eigenvalue weighted by Crippen LogP contribution is -2.44. The number of carbonyl (C=O) groups is 1. The van der Waals surface area contributed by atoms with E-state index >= 15 is 0 Å². The van der Waals surface area contributed by atoms with Crippen molar-refractivity contribution in [3.05, 3.63) is 17.3 Å². The lowest BCUT2D eigenvalue weighted by molar-refractivity contribution is 0.191. The van der Waals surface area contributed by atoms with Crippen molar-refractivity contribution < 1.29 is 9.21 Å². The van der Waals surface area contributed by atoms with Gasteiger partial charge in [-0.1, -0.05) is 6.92 Å². The zero-order valence-electron chi connectivity index (χ0n) is 12.8. The number of aryl methyl sites for hydroxylation is 2. The molecule has 0 spiro atoms. The fourth-order valence-electron chi connectivity index (χ4n) is 3.33. The fourth-order valence-corrected chi connectivity index (χ4v) is 3.33. The number of urea groups is 1. The first kappa shape index (κ1) is 14.4. The van der Waals surface area contributed by atoms with Crippen LogP contribution in [-0.4, -0.2) is 41.6 Å². The lowest BCUT2D eigenvalue weighted by atomic mass is 10.1. The van der Waals surface area contributed by atoms with E-state index in [-0.39, 0.29) is 6.03 Å². The Morgan fingerprint density at radius 3 is 3.19 bits per heavy atom. The SMILES string of the molecule is CCCc1nc(C)c(CNC(=O)N2CC[C@@H]3CNC[C@@H]32)o1. The fraction of sp³-hybridized carbons (Fsp3) is 0.733. The van der Waals surface area contributed by atoms with Crippen molar-refractivity contribution in [2.24, 2.45) is 5.92 Å². The van der Waals surface area contributed by atoms with Gasteiger partial charge in [0.15, 0.2) is 5.89 Å². The molecule has 6 heteroatoms. The molecule has 2 amide bonds. The minimum atomic E-state index is 0.0130. The second-order valence-corrected chi connectivity index (χ2v) is 5.99. The summed E-state index contributed by atoms with van der Waals surface area (Å²) in [7, 11) is 0. The first-order chi connectivity index (χ1) is 10.2. The minimum absolute atomic E-state index is 0.0130. The van der Waals surface area contributed by atoms with Gasteiger partial charge in [-0.05, 0) is 25.7 Å². The number of rotatable bonds is 4. The number of likely N-dealkylation sites (tertiary alicyclic amines) is 1. The number of carbonyl (C=O) groups excluding carboxylic acids is 1. The highest BCUT2D eigenvalue weighted by Gasteiger charge is 2.39. The normalized spacial score (nSPS) is 24.4. The molecular formula is C15H24N4O2. The van der Waals surface area contributed by atoms with Crippen LogP contribution in [-0.2, 0) is 13.0 Å². The largest absolute Gasteiger partial charge is 0.444 e. The van der Waals surface area contributed by atoms with E-state index in [1.54, 1.807) is 0 Å². The van der Waals surface area contributed by atoms with Crippen molar-refractivity contribution in [3.63, 3.8) is 0 Å². The van der Waals surface area contributed by atoms with Crippen LogP contribution in [0.1, 0.15) is 37.1 Å². The van der Waals surface area contributed by atoms with Crippen LogP contribution in [0.3, 0.4) is 0 Å². The maximum atomic E-state index is 12.3. The zero-order valence-corrected chi connectivity index (χ0v) is 12.8. The number of amides is 2. The Bertz CT molecular complexity index is 514. The number of nitrogens with zero attached hydrogens (tertiary/aromatic N) is 2. The van der Waals surface area contributed by atoms with Gasteiger partial charge in [0.2, 0.25) is 0 Å². The molecule has 1 aromatic rings. The van der Waals surface area contributed by atoms with Gasteiger partial charge in [0.05, 0.1) is 12.2 Å². The number of hydrogen-bond donors (Lipinski definition) is 2. The third-order valence-corrected chi connectivity index (χ3v) is 4.51. The molecule has 21 heavy (non-hydrogen) atoms. The quantitative estimate of drug-likeness (QED) is 0.881. The predicted molar refractivity (Wildman–Crippen MR) is 78.9 cm³/mol. The van der Waals surface area contributed by atoms with E-state index in [1.165, 1.54) is 0 Å². The first-order valence-electron chi connectivity index (χ1n) is 7.89. The van der Waals surface area contributed by atoms with E-state index in [2.05, 4.69) is 22.5 Å². The summed E-state index contributed by atoms with van der Waals surface area (Å²) in [6.45, 7) is 7.26. The molecule has 0 aliphatic carbocycles. The summed E-state index contributed by atoms with van der Waals surface area (Å²) in [6.07, 6.45) is 2.96. The average molecular weight is 292 g/mol. The van der Waals surface area contributed by atoms with Crippen LogP contribution in [0.15, 0.2) is 4.42 Å². The van der Waals surface area contributed by atoms with E-state index in [4.69, 9.17) is 4.42 Å². The van der Waals surface area contributed by atoms with Gasteiger partial charge in [-0.15, -0.1) is 0 Å². The highest BCUT2D eigenvalue weighted by atomic mass is 16.4. The molecule has 2 aliphatic heterocycles. The highest BCUT2D eigenvalue weighted by Crippen LogP contribution is 2.27. The van der Waals surface area contributed by atoms with Crippen LogP contribution >= 0.6 is 0 Å². The summed E-state index contributed by atoms with van der Waals surface area (Å²) < 4.78 is 5.70. The van der Waals surface area contributed by atoms with Gasteiger partial charge in [0.25, 0.3) is 0 Å². The van der Waals surface area contributed by atoms with Crippen molar-refractivity contribution >= 4 is 6.03 Å².